The first-order valence-electron chi connectivity index (χ1n) is 8.08. The molecule has 1 atom stereocenters. The molecular weight excluding hydrogens is 264 g/mol. The van der Waals surface area contributed by atoms with Crippen molar-refractivity contribution in [2.75, 3.05) is 6.54 Å². The summed E-state index contributed by atoms with van der Waals surface area (Å²) in [4.78, 5) is 16.0. The van der Waals surface area contributed by atoms with Crippen LogP contribution in [-0.4, -0.2) is 27.5 Å². The zero-order chi connectivity index (χ0) is 15.7. The second kappa shape index (κ2) is 8.82. The molecule has 0 bridgehead atoms. The molecule has 0 fully saturated rings. The van der Waals surface area contributed by atoms with Crippen molar-refractivity contribution in [2.24, 2.45) is 5.73 Å². The van der Waals surface area contributed by atoms with Gasteiger partial charge in [-0.1, -0.05) is 13.8 Å². The van der Waals surface area contributed by atoms with E-state index in [4.69, 9.17) is 5.73 Å². The van der Waals surface area contributed by atoms with E-state index in [1.165, 1.54) is 0 Å². The Morgan fingerprint density at radius 2 is 2.14 bits per heavy atom. The number of hydrogen-bond acceptors (Lipinski definition) is 3. The minimum atomic E-state index is -0.586. The van der Waals surface area contributed by atoms with Gasteiger partial charge in [-0.2, -0.15) is 0 Å². The molecule has 1 unspecified atom stereocenters. The Morgan fingerprint density at radius 1 is 1.38 bits per heavy atom. The van der Waals surface area contributed by atoms with Gasteiger partial charge in [-0.25, -0.2) is 4.98 Å². The molecule has 0 radical (unpaired) electrons. The van der Waals surface area contributed by atoms with Gasteiger partial charge in [0.25, 0.3) is 0 Å². The van der Waals surface area contributed by atoms with E-state index < -0.39 is 5.54 Å². The summed E-state index contributed by atoms with van der Waals surface area (Å²) in [5.74, 6) is 0.893. The lowest BCUT2D eigenvalue weighted by atomic mass is 9.93. The molecule has 1 aromatic rings. The second-order valence-corrected chi connectivity index (χ2v) is 5.87. The first kappa shape index (κ1) is 17.7. The van der Waals surface area contributed by atoms with E-state index in [9.17, 15) is 4.79 Å². The molecule has 0 aliphatic heterocycles. The SMILES string of the molecule is CCCNC(C)(CCCCn1ccnc1CCC)C(N)=O. The number of nitrogens with one attached hydrogen (secondary N) is 1. The van der Waals surface area contributed by atoms with Gasteiger partial charge in [0.2, 0.25) is 5.91 Å². The van der Waals surface area contributed by atoms with Crippen LogP contribution in [-0.2, 0) is 17.8 Å². The van der Waals surface area contributed by atoms with Gasteiger partial charge < -0.3 is 15.6 Å². The number of aryl methyl sites for hydroxylation is 2. The molecule has 5 heteroatoms. The van der Waals surface area contributed by atoms with Crippen LogP contribution in [0.3, 0.4) is 0 Å². The number of rotatable bonds is 11. The molecule has 21 heavy (non-hydrogen) atoms. The van der Waals surface area contributed by atoms with E-state index in [0.29, 0.717) is 0 Å². The number of carbonyl (C=O) groups is 1. The molecule has 1 heterocycles. The summed E-state index contributed by atoms with van der Waals surface area (Å²) < 4.78 is 2.21. The second-order valence-electron chi connectivity index (χ2n) is 5.87. The highest BCUT2D eigenvalue weighted by Crippen LogP contribution is 2.15. The van der Waals surface area contributed by atoms with E-state index in [2.05, 4.69) is 28.7 Å². The van der Waals surface area contributed by atoms with E-state index in [1.54, 1.807) is 0 Å². The van der Waals surface area contributed by atoms with E-state index >= 15 is 0 Å². The number of carbonyl (C=O) groups excluding carboxylic acids is 1. The Balaban J connectivity index is 2.40. The molecule has 1 aromatic heterocycles. The largest absolute Gasteiger partial charge is 0.368 e. The van der Waals surface area contributed by atoms with Crippen LogP contribution in [0.15, 0.2) is 12.4 Å². The number of nitrogens with two attached hydrogens (primary N) is 1. The Kier molecular flexibility index (Phi) is 7.43. The highest BCUT2D eigenvalue weighted by atomic mass is 16.1. The van der Waals surface area contributed by atoms with Gasteiger partial charge in [0, 0.05) is 25.4 Å². The van der Waals surface area contributed by atoms with Crippen LogP contribution in [0, 0.1) is 0 Å². The van der Waals surface area contributed by atoms with Crippen molar-refractivity contribution < 1.29 is 4.79 Å². The van der Waals surface area contributed by atoms with Gasteiger partial charge in [-0.3, -0.25) is 4.79 Å². The van der Waals surface area contributed by atoms with Crippen LogP contribution >= 0.6 is 0 Å². The number of primary amides is 1. The maximum Gasteiger partial charge on any atom is 0.237 e. The van der Waals surface area contributed by atoms with Crippen LogP contribution in [0.1, 0.15) is 58.7 Å². The van der Waals surface area contributed by atoms with Gasteiger partial charge in [-0.15, -0.1) is 0 Å². The number of amides is 1. The summed E-state index contributed by atoms with van der Waals surface area (Å²) in [5.41, 5.74) is 4.95. The molecular formula is C16H30N4O. The lowest BCUT2D eigenvalue weighted by molar-refractivity contribution is -0.124. The fourth-order valence-electron chi connectivity index (χ4n) is 2.46. The quantitative estimate of drug-likeness (QED) is 0.615. The monoisotopic (exact) mass is 294 g/mol. The number of unbranched alkanes of at least 4 members (excludes halogenated alkanes) is 1. The van der Waals surface area contributed by atoms with Crippen molar-refractivity contribution >= 4 is 5.91 Å². The zero-order valence-corrected chi connectivity index (χ0v) is 13.7. The van der Waals surface area contributed by atoms with Crippen molar-refractivity contribution in [3.05, 3.63) is 18.2 Å². The molecule has 120 valence electrons. The number of imidazole rings is 1. The van der Waals surface area contributed by atoms with Crippen molar-refractivity contribution in [3.8, 4) is 0 Å². The Morgan fingerprint density at radius 3 is 2.76 bits per heavy atom. The topological polar surface area (TPSA) is 72.9 Å². The van der Waals surface area contributed by atoms with Crippen LogP contribution in [0.5, 0.6) is 0 Å². The highest BCUT2D eigenvalue weighted by Gasteiger charge is 2.29. The van der Waals surface area contributed by atoms with Gasteiger partial charge in [0.05, 0.1) is 5.54 Å². The zero-order valence-electron chi connectivity index (χ0n) is 13.7. The lowest BCUT2D eigenvalue weighted by Gasteiger charge is -2.27. The number of nitrogens with zero attached hydrogens (tertiary/aromatic N) is 2. The van der Waals surface area contributed by atoms with Crippen molar-refractivity contribution in [2.45, 2.75) is 71.4 Å². The third kappa shape index (κ3) is 5.50. The summed E-state index contributed by atoms with van der Waals surface area (Å²) in [7, 11) is 0. The first-order valence-corrected chi connectivity index (χ1v) is 8.08. The average Bonchev–Trinajstić information content (AvgIpc) is 2.89. The van der Waals surface area contributed by atoms with Crippen molar-refractivity contribution in [1.82, 2.24) is 14.9 Å². The molecule has 0 aromatic carbocycles. The van der Waals surface area contributed by atoms with Gasteiger partial charge in [-0.05, 0) is 45.6 Å². The fourth-order valence-corrected chi connectivity index (χ4v) is 2.46. The van der Waals surface area contributed by atoms with Gasteiger partial charge >= 0.3 is 0 Å². The lowest BCUT2D eigenvalue weighted by Crippen LogP contribution is -2.53. The minimum absolute atomic E-state index is 0.259. The standard InChI is InChI=1S/C16H30N4O/c1-4-8-14-18-11-13-20(14)12-7-6-9-16(3,15(17)21)19-10-5-2/h11,13,19H,4-10,12H2,1-3H3,(H2,17,21). The molecule has 0 saturated carbocycles. The maximum atomic E-state index is 11.6. The van der Waals surface area contributed by atoms with Crippen molar-refractivity contribution in [1.29, 1.82) is 0 Å². The van der Waals surface area contributed by atoms with Gasteiger partial charge in [0.1, 0.15) is 5.82 Å². The van der Waals surface area contributed by atoms with Gasteiger partial charge in [0.15, 0.2) is 0 Å². The molecule has 5 nitrogen and oxygen atoms in total. The normalized spacial score (nSPS) is 14.0. The van der Waals surface area contributed by atoms with Crippen LogP contribution in [0.25, 0.3) is 0 Å². The van der Waals surface area contributed by atoms with E-state index in [1.807, 2.05) is 19.3 Å². The third-order valence-electron chi connectivity index (χ3n) is 3.91. The van der Waals surface area contributed by atoms with E-state index in [-0.39, 0.29) is 5.91 Å². The maximum absolute atomic E-state index is 11.6. The minimum Gasteiger partial charge on any atom is -0.368 e. The molecule has 3 N–H and O–H groups in total. The van der Waals surface area contributed by atoms with E-state index in [0.717, 1.165) is 57.4 Å². The average molecular weight is 294 g/mol. The number of aromatic nitrogens is 2. The summed E-state index contributed by atoms with van der Waals surface area (Å²) in [5, 5.41) is 3.28. The number of hydrogen-bond donors (Lipinski definition) is 2. The Hall–Kier alpha value is -1.36. The van der Waals surface area contributed by atoms with Crippen LogP contribution in [0.4, 0.5) is 0 Å². The smallest absolute Gasteiger partial charge is 0.237 e. The molecule has 0 saturated heterocycles. The Labute approximate surface area is 128 Å². The van der Waals surface area contributed by atoms with Crippen LogP contribution in [0.2, 0.25) is 0 Å². The first-order chi connectivity index (χ1) is 10.0. The molecule has 1 amide bonds. The molecule has 1 rings (SSSR count). The molecule has 0 spiro atoms. The molecule has 0 aliphatic carbocycles. The van der Waals surface area contributed by atoms with Crippen LogP contribution < -0.4 is 11.1 Å². The predicted molar refractivity (Wildman–Crippen MR) is 86.0 cm³/mol. The fraction of sp³-hybridized carbons (Fsp3) is 0.750. The Bertz CT molecular complexity index is 430. The summed E-state index contributed by atoms with van der Waals surface area (Å²) in [6.45, 7) is 7.93. The summed E-state index contributed by atoms with van der Waals surface area (Å²) in [6.07, 6.45) is 9.80. The highest BCUT2D eigenvalue weighted by molar-refractivity contribution is 5.84. The third-order valence-corrected chi connectivity index (χ3v) is 3.91. The van der Waals surface area contributed by atoms with Crippen molar-refractivity contribution in [3.63, 3.8) is 0 Å². The summed E-state index contributed by atoms with van der Waals surface area (Å²) >= 11 is 0. The molecule has 0 aliphatic rings. The summed E-state index contributed by atoms with van der Waals surface area (Å²) in [6, 6.07) is 0. The predicted octanol–water partition coefficient (Wildman–Crippen LogP) is 2.25.